The Labute approximate surface area is 131 Å². The lowest BCUT2D eigenvalue weighted by atomic mass is 10.00. The Balaban J connectivity index is 1.88. The predicted molar refractivity (Wildman–Crippen MR) is 80.2 cm³/mol. The van der Waals surface area contributed by atoms with Gasteiger partial charge in [0.05, 0.1) is 6.10 Å². The van der Waals surface area contributed by atoms with Gasteiger partial charge in [0.2, 0.25) is 6.29 Å². The molecule has 0 bridgehead atoms. The first kappa shape index (κ1) is 15.9. The Kier molecular flexibility index (Phi) is 4.11. The van der Waals surface area contributed by atoms with Crippen molar-refractivity contribution >= 4 is 11.0 Å². The maximum Gasteiger partial charge on any atom is 0.336 e. The average molecular weight is 322 g/mol. The summed E-state index contributed by atoms with van der Waals surface area (Å²) < 4.78 is 16.0. The fourth-order valence-electron chi connectivity index (χ4n) is 2.62. The summed E-state index contributed by atoms with van der Waals surface area (Å²) in [4.78, 5) is 11.4. The zero-order valence-corrected chi connectivity index (χ0v) is 12.7. The number of fused-ring (bicyclic) bond motifs is 1. The SMILES string of the molecule is Cc1cc(=O)oc2cc(O[C@H]3O[C@@H](C)[C@@H](O)[C@@H](O)[C@@H]3O)ccc12. The summed E-state index contributed by atoms with van der Waals surface area (Å²) in [6, 6.07) is 6.29. The van der Waals surface area contributed by atoms with Gasteiger partial charge in [0.1, 0.15) is 29.6 Å². The third kappa shape index (κ3) is 2.96. The lowest BCUT2D eigenvalue weighted by Gasteiger charge is -2.38. The third-order valence-corrected chi connectivity index (χ3v) is 3.98. The average Bonchev–Trinajstić information content (AvgIpc) is 2.50. The van der Waals surface area contributed by atoms with E-state index in [0.29, 0.717) is 11.3 Å². The zero-order valence-electron chi connectivity index (χ0n) is 12.7. The predicted octanol–water partition coefficient (Wildman–Crippen LogP) is 0.308. The van der Waals surface area contributed by atoms with Gasteiger partial charge in [0.15, 0.2) is 0 Å². The van der Waals surface area contributed by atoms with Gasteiger partial charge in [-0.05, 0) is 31.5 Å². The van der Waals surface area contributed by atoms with Crippen molar-refractivity contribution in [2.75, 3.05) is 0 Å². The minimum Gasteiger partial charge on any atom is -0.462 e. The van der Waals surface area contributed by atoms with Gasteiger partial charge < -0.3 is 29.2 Å². The number of hydrogen-bond acceptors (Lipinski definition) is 7. The molecule has 124 valence electrons. The van der Waals surface area contributed by atoms with Crippen molar-refractivity contribution in [2.45, 2.75) is 44.6 Å². The Morgan fingerprint density at radius 3 is 2.57 bits per heavy atom. The van der Waals surface area contributed by atoms with E-state index in [0.717, 1.165) is 10.9 Å². The molecule has 0 aliphatic carbocycles. The Morgan fingerprint density at radius 1 is 1.09 bits per heavy atom. The highest BCUT2D eigenvalue weighted by Crippen LogP contribution is 2.27. The molecule has 3 rings (SSSR count). The molecule has 3 N–H and O–H groups in total. The quantitative estimate of drug-likeness (QED) is 0.683. The van der Waals surface area contributed by atoms with Crippen molar-refractivity contribution in [2.24, 2.45) is 0 Å². The van der Waals surface area contributed by atoms with E-state index >= 15 is 0 Å². The van der Waals surface area contributed by atoms with Gasteiger partial charge in [0.25, 0.3) is 0 Å². The van der Waals surface area contributed by atoms with E-state index in [1.54, 1.807) is 26.0 Å². The van der Waals surface area contributed by atoms with Crippen LogP contribution in [0.1, 0.15) is 12.5 Å². The van der Waals surface area contributed by atoms with Crippen molar-refractivity contribution in [3.05, 3.63) is 40.2 Å². The number of benzene rings is 1. The number of rotatable bonds is 2. The number of aryl methyl sites for hydroxylation is 1. The van der Waals surface area contributed by atoms with E-state index in [1.807, 2.05) is 0 Å². The van der Waals surface area contributed by atoms with E-state index in [4.69, 9.17) is 13.9 Å². The molecule has 1 aliphatic rings. The third-order valence-electron chi connectivity index (χ3n) is 3.98. The van der Waals surface area contributed by atoms with Gasteiger partial charge in [-0.15, -0.1) is 0 Å². The molecule has 0 radical (unpaired) electrons. The molecule has 1 fully saturated rings. The van der Waals surface area contributed by atoms with Gasteiger partial charge in [-0.25, -0.2) is 4.79 Å². The standard InChI is InChI=1S/C16H18O7/c1-7-5-12(17)23-11-6-9(3-4-10(7)11)22-16-15(20)14(19)13(18)8(2)21-16/h3-6,8,13-16,18-20H,1-2H3/t8-,13+,14+,15-,16+/m0/s1. The normalized spacial score (nSPS) is 31.3. The monoisotopic (exact) mass is 322 g/mol. The van der Waals surface area contributed by atoms with Gasteiger partial charge in [-0.2, -0.15) is 0 Å². The summed E-state index contributed by atoms with van der Waals surface area (Å²) >= 11 is 0. The molecule has 2 heterocycles. The van der Waals surface area contributed by atoms with Crippen molar-refractivity contribution < 1.29 is 29.2 Å². The molecule has 7 nitrogen and oxygen atoms in total. The number of aliphatic hydroxyl groups excluding tert-OH is 3. The Morgan fingerprint density at radius 2 is 1.83 bits per heavy atom. The number of ether oxygens (including phenoxy) is 2. The smallest absolute Gasteiger partial charge is 0.336 e. The van der Waals surface area contributed by atoms with Gasteiger partial charge in [-0.3, -0.25) is 0 Å². The van der Waals surface area contributed by atoms with Crippen LogP contribution in [0.25, 0.3) is 11.0 Å². The molecule has 1 aromatic heterocycles. The molecule has 0 saturated carbocycles. The van der Waals surface area contributed by atoms with Crippen LogP contribution in [0.2, 0.25) is 0 Å². The van der Waals surface area contributed by atoms with Crippen LogP contribution < -0.4 is 10.4 Å². The minimum absolute atomic E-state index is 0.311. The van der Waals surface area contributed by atoms with Gasteiger partial charge in [-0.1, -0.05) is 0 Å². The molecular weight excluding hydrogens is 304 g/mol. The highest BCUT2D eigenvalue weighted by molar-refractivity contribution is 5.81. The first-order chi connectivity index (χ1) is 10.9. The van der Waals surface area contributed by atoms with E-state index in [2.05, 4.69) is 0 Å². The topological polar surface area (TPSA) is 109 Å². The van der Waals surface area contributed by atoms with Crippen LogP contribution in [0.5, 0.6) is 5.75 Å². The first-order valence-electron chi connectivity index (χ1n) is 7.27. The first-order valence-corrected chi connectivity index (χ1v) is 7.27. The van der Waals surface area contributed by atoms with Crippen LogP contribution in [0.4, 0.5) is 0 Å². The molecule has 1 saturated heterocycles. The van der Waals surface area contributed by atoms with Crippen molar-refractivity contribution in [3.8, 4) is 5.75 Å². The molecular formula is C16H18O7. The van der Waals surface area contributed by atoms with Crippen LogP contribution in [-0.2, 0) is 4.74 Å². The summed E-state index contributed by atoms with van der Waals surface area (Å²) in [5.74, 6) is 0.311. The Bertz CT molecular complexity index is 769. The molecule has 23 heavy (non-hydrogen) atoms. The molecule has 1 aromatic carbocycles. The minimum atomic E-state index is -1.40. The van der Waals surface area contributed by atoms with E-state index in [9.17, 15) is 20.1 Å². The lowest BCUT2D eigenvalue weighted by Crippen LogP contribution is -2.58. The number of hydrogen-bond donors (Lipinski definition) is 3. The summed E-state index contributed by atoms with van der Waals surface area (Å²) in [6.07, 6.45) is -5.80. The molecule has 0 unspecified atom stereocenters. The second-order valence-electron chi connectivity index (χ2n) is 5.71. The van der Waals surface area contributed by atoms with Crippen LogP contribution >= 0.6 is 0 Å². The van der Waals surface area contributed by atoms with E-state index in [-0.39, 0.29) is 0 Å². The van der Waals surface area contributed by atoms with Crippen LogP contribution in [-0.4, -0.2) is 46.0 Å². The van der Waals surface area contributed by atoms with Crippen molar-refractivity contribution in [1.82, 2.24) is 0 Å². The Hall–Kier alpha value is -1.93. The molecule has 0 amide bonds. The maximum atomic E-state index is 11.4. The zero-order chi connectivity index (χ0) is 16.7. The van der Waals surface area contributed by atoms with Gasteiger partial charge >= 0.3 is 5.63 Å². The summed E-state index contributed by atoms with van der Waals surface area (Å²) in [7, 11) is 0. The van der Waals surface area contributed by atoms with Crippen molar-refractivity contribution in [1.29, 1.82) is 0 Å². The molecule has 2 aromatic rings. The van der Waals surface area contributed by atoms with E-state index in [1.165, 1.54) is 12.1 Å². The molecule has 0 spiro atoms. The highest BCUT2D eigenvalue weighted by atomic mass is 16.7. The maximum absolute atomic E-state index is 11.4. The second-order valence-corrected chi connectivity index (χ2v) is 5.71. The molecule has 7 heteroatoms. The highest BCUT2D eigenvalue weighted by Gasteiger charge is 2.43. The fourth-order valence-corrected chi connectivity index (χ4v) is 2.62. The van der Waals surface area contributed by atoms with Crippen LogP contribution in [0.15, 0.2) is 33.5 Å². The van der Waals surface area contributed by atoms with Crippen LogP contribution in [0.3, 0.4) is 0 Å². The number of aliphatic hydroxyl groups is 3. The van der Waals surface area contributed by atoms with E-state index < -0.39 is 36.3 Å². The lowest BCUT2D eigenvalue weighted by molar-refractivity contribution is -0.268. The fraction of sp³-hybridized carbons (Fsp3) is 0.438. The van der Waals surface area contributed by atoms with Crippen molar-refractivity contribution in [3.63, 3.8) is 0 Å². The summed E-state index contributed by atoms with van der Waals surface area (Å²) in [5.41, 5.74) is 0.670. The largest absolute Gasteiger partial charge is 0.462 e. The summed E-state index contributed by atoms with van der Waals surface area (Å²) in [5, 5.41) is 30.2. The second kappa shape index (κ2) is 5.93. The van der Waals surface area contributed by atoms with Gasteiger partial charge in [0, 0.05) is 17.5 Å². The summed E-state index contributed by atoms with van der Waals surface area (Å²) in [6.45, 7) is 3.37. The molecule has 1 aliphatic heterocycles. The molecule has 5 atom stereocenters. The van der Waals surface area contributed by atoms with Crippen LogP contribution in [0, 0.1) is 6.92 Å².